The van der Waals surface area contributed by atoms with Crippen LogP contribution in [0.2, 0.25) is 5.02 Å². The normalized spacial score (nSPS) is 13.7. The van der Waals surface area contributed by atoms with Crippen molar-refractivity contribution in [3.8, 4) is 11.3 Å². The van der Waals surface area contributed by atoms with E-state index in [2.05, 4.69) is 36.8 Å². The topological polar surface area (TPSA) is 53.9 Å². The van der Waals surface area contributed by atoms with Crippen LogP contribution in [0.5, 0.6) is 0 Å². The first-order chi connectivity index (χ1) is 15.7. The van der Waals surface area contributed by atoms with Gasteiger partial charge in [-0.05, 0) is 65.4 Å². The summed E-state index contributed by atoms with van der Waals surface area (Å²) in [7, 11) is 0. The molecule has 3 aromatic heterocycles. The fourth-order valence-electron chi connectivity index (χ4n) is 3.90. The lowest BCUT2D eigenvalue weighted by Gasteiger charge is -2.27. The van der Waals surface area contributed by atoms with Crippen molar-refractivity contribution in [3.05, 3.63) is 92.6 Å². The Labute approximate surface area is 194 Å². The zero-order valence-electron chi connectivity index (χ0n) is 17.3. The van der Waals surface area contributed by atoms with Gasteiger partial charge in [-0.1, -0.05) is 17.7 Å². The highest BCUT2D eigenvalue weighted by atomic mass is 35.5. The van der Waals surface area contributed by atoms with Crippen molar-refractivity contribution in [1.29, 1.82) is 0 Å². The Balaban J connectivity index is 1.22. The molecule has 5 nitrogen and oxygen atoms in total. The fraction of sp³-hybridized carbons (Fsp3) is 0.208. The Morgan fingerprint density at radius 1 is 1.12 bits per heavy atom. The lowest BCUT2D eigenvalue weighted by Crippen LogP contribution is -2.29. The highest BCUT2D eigenvalue weighted by molar-refractivity contribution is 7.10. The van der Waals surface area contributed by atoms with Crippen molar-refractivity contribution in [2.45, 2.75) is 26.1 Å². The number of hydrogen-bond donors (Lipinski definition) is 1. The molecule has 162 valence electrons. The molecule has 0 atom stereocenters. The molecule has 1 aliphatic rings. The molecule has 0 spiro atoms. The lowest BCUT2D eigenvalue weighted by molar-refractivity contribution is 0.245. The number of fused-ring (bicyclic) bond motifs is 1. The summed E-state index contributed by atoms with van der Waals surface area (Å²) in [5.74, 6) is 0.322. The van der Waals surface area contributed by atoms with Gasteiger partial charge in [0.05, 0.1) is 16.4 Å². The van der Waals surface area contributed by atoms with Gasteiger partial charge in [-0.3, -0.25) is 9.88 Å². The monoisotopic (exact) mass is 465 g/mol. The Bertz CT molecular complexity index is 1210. The first-order valence-corrected chi connectivity index (χ1v) is 11.6. The Morgan fingerprint density at radius 3 is 2.88 bits per heavy atom. The van der Waals surface area contributed by atoms with Crippen molar-refractivity contribution in [1.82, 2.24) is 20.1 Å². The van der Waals surface area contributed by atoms with Crippen LogP contribution < -0.4 is 5.32 Å². The van der Waals surface area contributed by atoms with Crippen LogP contribution in [0.4, 0.5) is 10.2 Å². The van der Waals surface area contributed by atoms with Gasteiger partial charge in [0.15, 0.2) is 0 Å². The maximum atomic E-state index is 13.5. The zero-order chi connectivity index (χ0) is 21.9. The van der Waals surface area contributed by atoms with E-state index in [9.17, 15) is 4.39 Å². The molecule has 0 aliphatic carbocycles. The van der Waals surface area contributed by atoms with E-state index in [1.165, 1.54) is 34.2 Å². The molecule has 5 rings (SSSR count). The van der Waals surface area contributed by atoms with Crippen LogP contribution in [0.25, 0.3) is 11.3 Å². The smallest absolute Gasteiger partial charge is 0.148 e. The molecule has 0 bridgehead atoms. The Morgan fingerprint density at radius 2 is 2.06 bits per heavy atom. The third-order valence-corrected chi connectivity index (χ3v) is 6.95. The van der Waals surface area contributed by atoms with Crippen LogP contribution >= 0.6 is 22.9 Å². The molecule has 0 unspecified atom stereocenters. The fourth-order valence-corrected chi connectivity index (χ4v) is 5.26. The second-order valence-electron chi connectivity index (χ2n) is 7.73. The van der Waals surface area contributed by atoms with Gasteiger partial charge >= 0.3 is 0 Å². The van der Waals surface area contributed by atoms with Gasteiger partial charge < -0.3 is 5.32 Å². The lowest BCUT2D eigenvalue weighted by atomic mass is 10.0. The molecule has 1 aromatic carbocycles. The van der Waals surface area contributed by atoms with Crippen molar-refractivity contribution >= 4 is 28.8 Å². The molecule has 4 heterocycles. The largest absolute Gasteiger partial charge is 0.364 e. The average Bonchev–Trinajstić information content (AvgIpc) is 3.22. The summed E-state index contributed by atoms with van der Waals surface area (Å²) in [6.07, 6.45) is 2.88. The number of hydrogen-bond acceptors (Lipinski definition) is 6. The van der Waals surface area contributed by atoms with Crippen molar-refractivity contribution in [2.24, 2.45) is 0 Å². The minimum absolute atomic E-state index is 0.353. The molecule has 0 fully saturated rings. The average molecular weight is 466 g/mol. The minimum Gasteiger partial charge on any atom is -0.364 e. The minimum atomic E-state index is -0.353. The predicted octanol–water partition coefficient (Wildman–Crippen LogP) is 5.56. The Kier molecular flexibility index (Phi) is 6.12. The zero-order valence-corrected chi connectivity index (χ0v) is 18.8. The molecule has 0 amide bonds. The third kappa shape index (κ3) is 4.65. The van der Waals surface area contributed by atoms with E-state index in [1.54, 1.807) is 6.07 Å². The number of rotatable bonds is 6. The SMILES string of the molecule is Fc1ccc(Cl)c(-c2ccc(NCc3csc4c3CCN(Cc3ccccn3)C4)nn2)c1. The van der Waals surface area contributed by atoms with E-state index in [1.807, 2.05) is 35.7 Å². The quantitative estimate of drug-likeness (QED) is 0.404. The van der Waals surface area contributed by atoms with E-state index in [0.29, 0.717) is 28.6 Å². The van der Waals surface area contributed by atoms with Gasteiger partial charge in [0, 0.05) is 42.8 Å². The van der Waals surface area contributed by atoms with Crippen LogP contribution in [0.15, 0.2) is 60.1 Å². The van der Waals surface area contributed by atoms with Crippen molar-refractivity contribution in [3.63, 3.8) is 0 Å². The summed E-state index contributed by atoms with van der Waals surface area (Å²) >= 11 is 7.98. The van der Waals surface area contributed by atoms with Gasteiger partial charge in [-0.2, -0.15) is 0 Å². The summed E-state index contributed by atoms with van der Waals surface area (Å²) < 4.78 is 13.5. The first kappa shape index (κ1) is 21.0. The molecule has 4 aromatic rings. The highest BCUT2D eigenvalue weighted by Gasteiger charge is 2.21. The molecule has 32 heavy (non-hydrogen) atoms. The number of nitrogens with zero attached hydrogens (tertiary/aromatic N) is 4. The number of pyridine rings is 1. The van der Waals surface area contributed by atoms with E-state index < -0.39 is 0 Å². The van der Waals surface area contributed by atoms with E-state index in [-0.39, 0.29) is 5.82 Å². The third-order valence-electron chi connectivity index (χ3n) is 5.55. The molecule has 8 heteroatoms. The van der Waals surface area contributed by atoms with Gasteiger partial charge in [0.25, 0.3) is 0 Å². The summed E-state index contributed by atoms with van der Waals surface area (Å²) in [6, 6.07) is 13.9. The summed E-state index contributed by atoms with van der Waals surface area (Å²) in [4.78, 5) is 8.31. The number of anilines is 1. The molecule has 1 N–H and O–H groups in total. The van der Waals surface area contributed by atoms with Crippen LogP contribution in [0.1, 0.15) is 21.7 Å². The van der Waals surface area contributed by atoms with E-state index >= 15 is 0 Å². The number of nitrogens with one attached hydrogen (secondary N) is 1. The molecular weight excluding hydrogens is 445 g/mol. The second kappa shape index (κ2) is 9.32. The molecule has 1 aliphatic heterocycles. The Hall–Kier alpha value is -2.87. The van der Waals surface area contributed by atoms with Gasteiger partial charge in [-0.15, -0.1) is 21.5 Å². The summed E-state index contributed by atoms with van der Waals surface area (Å²) in [5.41, 5.74) is 4.93. The number of benzene rings is 1. The summed E-state index contributed by atoms with van der Waals surface area (Å²) in [5, 5.41) is 14.5. The van der Waals surface area contributed by atoms with E-state index in [0.717, 1.165) is 31.7 Å². The van der Waals surface area contributed by atoms with Crippen molar-refractivity contribution in [2.75, 3.05) is 11.9 Å². The second-order valence-corrected chi connectivity index (χ2v) is 9.10. The first-order valence-electron chi connectivity index (χ1n) is 10.4. The molecule has 0 saturated heterocycles. The molecular formula is C24H21ClFN5S. The van der Waals surface area contributed by atoms with Crippen LogP contribution in [-0.2, 0) is 26.1 Å². The van der Waals surface area contributed by atoms with Gasteiger partial charge in [0.1, 0.15) is 11.6 Å². The van der Waals surface area contributed by atoms with Crippen LogP contribution in [0.3, 0.4) is 0 Å². The number of thiophene rings is 1. The predicted molar refractivity (Wildman–Crippen MR) is 126 cm³/mol. The molecule has 0 saturated carbocycles. The maximum absolute atomic E-state index is 13.5. The number of halogens is 2. The van der Waals surface area contributed by atoms with Crippen molar-refractivity contribution < 1.29 is 4.39 Å². The van der Waals surface area contributed by atoms with Crippen LogP contribution in [0, 0.1) is 5.82 Å². The van der Waals surface area contributed by atoms with E-state index in [4.69, 9.17) is 11.6 Å². The molecule has 0 radical (unpaired) electrons. The summed E-state index contributed by atoms with van der Waals surface area (Å²) in [6.45, 7) is 3.56. The van der Waals surface area contributed by atoms with Gasteiger partial charge in [-0.25, -0.2) is 4.39 Å². The highest BCUT2D eigenvalue weighted by Crippen LogP contribution is 2.30. The van der Waals surface area contributed by atoms with Crippen LogP contribution in [-0.4, -0.2) is 26.6 Å². The number of aromatic nitrogens is 3. The maximum Gasteiger partial charge on any atom is 0.148 e. The van der Waals surface area contributed by atoms with Gasteiger partial charge in [0.2, 0.25) is 0 Å². The standard InChI is InChI=1S/C24H21ClFN5S/c25-21-5-4-17(26)11-20(21)22-6-7-24(30-29-22)28-12-16-15-32-23-14-31(10-8-19(16)23)13-18-3-1-2-9-27-18/h1-7,9,11,15H,8,10,12-14H2,(H,28,30).